The third kappa shape index (κ3) is 3.47. The smallest absolute Gasteiger partial charge is 0.236 e. The maximum absolute atomic E-state index is 11.8. The Kier molecular flexibility index (Phi) is 5.05. The van der Waals surface area contributed by atoms with Crippen LogP contribution in [0.2, 0.25) is 0 Å². The number of carbonyl (C=O) groups is 1. The molecule has 1 rings (SSSR count). The number of likely N-dealkylation sites (tertiary alicyclic amines) is 1. The number of nitrogens with zero attached hydrogens (tertiary/aromatic N) is 2. The second kappa shape index (κ2) is 6.08. The van der Waals surface area contributed by atoms with E-state index in [1.54, 1.807) is 0 Å². The molecule has 4 nitrogen and oxygen atoms in total. The second-order valence-corrected chi connectivity index (χ2v) is 4.14. The van der Waals surface area contributed by atoms with Crippen LogP contribution in [0.5, 0.6) is 0 Å². The van der Waals surface area contributed by atoms with Gasteiger partial charge in [-0.15, -0.1) is 0 Å². The molecule has 1 atom stereocenters. The number of hydrogen-bond donors (Lipinski definition) is 1. The van der Waals surface area contributed by atoms with E-state index in [4.69, 9.17) is 5.11 Å². The van der Waals surface area contributed by atoms with Crippen molar-refractivity contribution in [3.63, 3.8) is 0 Å². The highest BCUT2D eigenvalue weighted by Gasteiger charge is 2.25. The number of rotatable bonds is 5. The van der Waals surface area contributed by atoms with E-state index in [9.17, 15) is 4.79 Å². The fourth-order valence-electron chi connectivity index (χ4n) is 1.95. The van der Waals surface area contributed by atoms with E-state index in [0.29, 0.717) is 12.5 Å². The van der Waals surface area contributed by atoms with Gasteiger partial charge in [0.25, 0.3) is 0 Å². The summed E-state index contributed by atoms with van der Waals surface area (Å²) in [5, 5.41) is 8.99. The monoisotopic (exact) mass is 214 g/mol. The zero-order valence-corrected chi connectivity index (χ0v) is 9.78. The SMILES string of the molecule is CCN(CC)CC(=O)N1CCC(CO)C1. The summed E-state index contributed by atoms with van der Waals surface area (Å²) in [5.41, 5.74) is 0. The molecule has 1 unspecified atom stereocenters. The van der Waals surface area contributed by atoms with Crippen LogP contribution < -0.4 is 0 Å². The van der Waals surface area contributed by atoms with E-state index >= 15 is 0 Å². The maximum atomic E-state index is 11.8. The minimum Gasteiger partial charge on any atom is -0.396 e. The molecular weight excluding hydrogens is 192 g/mol. The summed E-state index contributed by atoms with van der Waals surface area (Å²) in [4.78, 5) is 15.8. The minimum atomic E-state index is 0.203. The Bertz CT molecular complexity index is 205. The molecule has 15 heavy (non-hydrogen) atoms. The van der Waals surface area contributed by atoms with Crippen LogP contribution in [-0.4, -0.2) is 60.1 Å². The van der Waals surface area contributed by atoms with Crippen LogP contribution in [0.25, 0.3) is 0 Å². The average Bonchev–Trinajstić information content (AvgIpc) is 2.74. The third-order valence-electron chi connectivity index (χ3n) is 3.15. The number of likely N-dealkylation sites (N-methyl/N-ethyl adjacent to an activating group) is 1. The summed E-state index contributed by atoms with van der Waals surface area (Å²) in [6.07, 6.45) is 0.945. The topological polar surface area (TPSA) is 43.8 Å². The Morgan fingerprint density at radius 2 is 2.13 bits per heavy atom. The van der Waals surface area contributed by atoms with Gasteiger partial charge in [0.1, 0.15) is 0 Å². The first kappa shape index (κ1) is 12.5. The van der Waals surface area contributed by atoms with Crippen molar-refractivity contribution in [2.75, 3.05) is 39.3 Å². The van der Waals surface area contributed by atoms with Crippen molar-refractivity contribution >= 4 is 5.91 Å². The van der Waals surface area contributed by atoms with E-state index in [1.807, 2.05) is 4.90 Å². The summed E-state index contributed by atoms with van der Waals surface area (Å²) in [5.74, 6) is 0.500. The third-order valence-corrected chi connectivity index (χ3v) is 3.15. The molecule has 88 valence electrons. The Hall–Kier alpha value is -0.610. The number of aliphatic hydroxyl groups is 1. The summed E-state index contributed by atoms with van der Waals surface area (Å²) >= 11 is 0. The molecule has 1 N–H and O–H groups in total. The molecule has 0 aromatic carbocycles. The van der Waals surface area contributed by atoms with Gasteiger partial charge < -0.3 is 10.0 Å². The first-order valence-electron chi connectivity index (χ1n) is 5.82. The molecule has 1 aliphatic rings. The minimum absolute atomic E-state index is 0.203. The number of aliphatic hydroxyl groups excluding tert-OH is 1. The molecule has 0 spiro atoms. The summed E-state index contributed by atoms with van der Waals surface area (Å²) in [7, 11) is 0. The number of hydrogen-bond acceptors (Lipinski definition) is 3. The van der Waals surface area contributed by atoms with Crippen molar-refractivity contribution < 1.29 is 9.90 Å². The highest BCUT2D eigenvalue weighted by molar-refractivity contribution is 5.78. The van der Waals surface area contributed by atoms with E-state index in [1.165, 1.54) is 0 Å². The standard InChI is InChI=1S/C11H22N2O2/c1-3-12(4-2)8-11(15)13-6-5-10(7-13)9-14/h10,14H,3-9H2,1-2H3. The van der Waals surface area contributed by atoms with E-state index in [2.05, 4.69) is 18.7 Å². The molecule has 1 heterocycles. The molecule has 0 bridgehead atoms. The molecule has 1 fully saturated rings. The largest absolute Gasteiger partial charge is 0.396 e. The van der Waals surface area contributed by atoms with Crippen molar-refractivity contribution in [2.45, 2.75) is 20.3 Å². The van der Waals surface area contributed by atoms with Gasteiger partial charge in [-0.2, -0.15) is 0 Å². The van der Waals surface area contributed by atoms with Gasteiger partial charge >= 0.3 is 0 Å². The van der Waals surface area contributed by atoms with Crippen molar-refractivity contribution in [3.8, 4) is 0 Å². The van der Waals surface area contributed by atoms with Gasteiger partial charge in [-0.3, -0.25) is 9.69 Å². The fraction of sp³-hybridized carbons (Fsp3) is 0.909. The molecular formula is C11H22N2O2. The maximum Gasteiger partial charge on any atom is 0.236 e. The highest BCUT2D eigenvalue weighted by Crippen LogP contribution is 2.15. The number of amides is 1. The van der Waals surface area contributed by atoms with Gasteiger partial charge in [0.05, 0.1) is 6.54 Å². The molecule has 0 aromatic rings. The Morgan fingerprint density at radius 1 is 1.47 bits per heavy atom. The lowest BCUT2D eigenvalue weighted by Gasteiger charge is -2.22. The van der Waals surface area contributed by atoms with Crippen LogP contribution in [0.1, 0.15) is 20.3 Å². The average molecular weight is 214 g/mol. The van der Waals surface area contributed by atoms with Crippen LogP contribution in [-0.2, 0) is 4.79 Å². The van der Waals surface area contributed by atoms with Gasteiger partial charge in [-0.1, -0.05) is 13.8 Å². The van der Waals surface area contributed by atoms with Gasteiger partial charge in [0, 0.05) is 25.6 Å². The predicted molar refractivity (Wildman–Crippen MR) is 59.6 cm³/mol. The Balaban J connectivity index is 2.34. The first-order valence-corrected chi connectivity index (χ1v) is 5.82. The number of carbonyl (C=O) groups excluding carboxylic acids is 1. The highest BCUT2D eigenvalue weighted by atomic mass is 16.3. The van der Waals surface area contributed by atoms with Crippen LogP contribution in [0.3, 0.4) is 0 Å². The molecule has 0 aromatic heterocycles. The zero-order valence-electron chi connectivity index (χ0n) is 9.78. The molecule has 1 amide bonds. The lowest BCUT2D eigenvalue weighted by atomic mass is 10.1. The van der Waals surface area contributed by atoms with Gasteiger partial charge in [-0.25, -0.2) is 0 Å². The molecule has 1 saturated heterocycles. The Labute approximate surface area is 91.9 Å². The predicted octanol–water partition coefficient (Wildman–Crippen LogP) is 0.169. The summed E-state index contributed by atoms with van der Waals surface area (Å²) in [6, 6.07) is 0. The van der Waals surface area contributed by atoms with Gasteiger partial charge in [-0.05, 0) is 19.5 Å². The second-order valence-electron chi connectivity index (χ2n) is 4.14. The van der Waals surface area contributed by atoms with Crippen molar-refractivity contribution in [1.82, 2.24) is 9.80 Å². The summed E-state index contributed by atoms with van der Waals surface area (Å²) in [6.45, 7) is 8.23. The van der Waals surface area contributed by atoms with Gasteiger partial charge in [0.15, 0.2) is 0 Å². The van der Waals surface area contributed by atoms with Crippen LogP contribution in [0.15, 0.2) is 0 Å². The lowest BCUT2D eigenvalue weighted by molar-refractivity contribution is -0.131. The lowest BCUT2D eigenvalue weighted by Crippen LogP contribution is -2.39. The van der Waals surface area contributed by atoms with Crippen molar-refractivity contribution in [1.29, 1.82) is 0 Å². The van der Waals surface area contributed by atoms with Crippen LogP contribution >= 0.6 is 0 Å². The van der Waals surface area contributed by atoms with E-state index in [-0.39, 0.29) is 12.5 Å². The first-order chi connectivity index (χ1) is 7.21. The molecule has 4 heteroatoms. The normalized spacial score (nSPS) is 21.3. The van der Waals surface area contributed by atoms with Crippen molar-refractivity contribution in [2.24, 2.45) is 5.92 Å². The zero-order chi connectivity index (χ0) is 11.3. The van der Waals surface area contributed by atoms with Gasteiger partial charge in [0.2, 0.25) is 5.91 Å². The van der Waals surface area contributed by atoms with Crippen molar-refractivity contribution in [3.05, 3.63) is 0 Å². The molecule has 0 saturated carbocycles. The Morgan fingerprint density at radius 3 is 2.60 bits per heavy atom. The molecule has 0 aliphatic carbocycles. The van der Waals surface area contributed by atoms with Crippen LogP contribution in [0.4, 0.5) is 0 Å². The quantitative estimate of drug-likeness (QED) is 0.709. The van der Waals surface area contributed by atoms with Crippen LogP contribution in [0, 0.1) is 5.92 Å². The fourth-order valence-corrected chi connectivity index (χ4v) is 1.95. The van der Waals surface area contributed by atoms with E-state index < -0.39 is 0 Å². The summed E-state index contributed by atoms with van der Waals surface area (Å²) < 4.78 is 0. The molecule has 0 radical (unpaired) electrons. The molecule has 1 aliphatic heterocycles. The van der Waals surface area contributed by atoms with E-state index in [0.717, 1.165) is 32.6 Å².